The molecule has 0 heterocycles. The van der Waals surface area contributed by atoms with Gasteiger partial charge in [0.05, 0.1) is 0 Å². The lowest BCUT2D eigenvalue weighted by Crippen LogP contribution is -2.30. The van der Waals surface area contributed by atoms with Crippen LogP contribution in [0, 0.1) is 0 Å². The molecule has 2 nitrogen and oxygen atoms in total. The summed E-state index contributed by atoms with van der Waals surface area (Å²) in [6.45, 7) is 8.67. The van der Waals surface area contributed by atoms with E-state index in [2.05, 4.69) is 109 Å². The Morgan fingerprint density at radius 1 is 0.704 bits per heavy atom. The molecule has 0 unspecified atom stereocenters. The number of likely N-dealkylation sites (N-methyl/N-ethyl adjacent to an activating group) is 1. The van der Waals surface area contributed by atoms with Crippen LogP contribution in [0.15, 0.2) is 84.9 Å². The van der Waals surface area contributed by atoms with Crippen molar-refractivity contribution >= 4 is 29.5 Å². The van der Waals surface area contributed by atoms with E-state index in [1.165, 1.54) is 21.6 Å². The SMILES string of the molecule is CCN(CC)CCNc1ccccc1P(c1ccccc1)c1ccccc1. The van der Waals surface area contributed by atoms with Crippen molar-refractivity contribution in [1.29, 1.82) is 0 Å². The van der Waals surface area contributed by atoms with Crippen molar-refractivity contribution in [1.82, 2.24) is 4.90 Å². The van der Waals surface area contributed by atoms with E-state index in [-0.39, 0.29) is 0 Å². The van der Waals surface area contributed by atoms with Crippen LogP contribution in [0.1, 0.15) is 13.8 Å². The molecule has 0 saturated heterocycles. The van der Waals surface area contributed by atoms with Crippen LogP contribution in [0.5, 0.6) is 0 Å². The number of hydrogen-bond acceptors (Lipinski definition) is 2. The molecule has 0 aromatic heterocycles. The maximum atomic E-state index is 3.71. The molecule has 3 aromatic rings. The first-order valence-electron chi connectivity index (χ1n) is 9.79. The van der Waals surface area contributed by atoms with Crippen LogP contribution in [0.3, 0.4) is 0 Å². The molecule has 27 heavy (non-hydrogen) atoms. The Kier molecular flexibility index (Phi) is 7.45. The third-order valence-corrected chi connectivity index (χ3v) is 7.31. The molecule has 0 fully saturated rings. The van der Waals surface area contributed by atoms with E-state index in [0.29, 0.717) is 0 Å². The quantitative estimate of drug-likeness (QED) is 0.563. The molecule has 0 aliphatic rings. The highest BCUT2D eigenvalue weighted by Gasteiger charge is 2.19. The maximum Gasteiger partial charge on any atom is 0.0425 e. The molecule has 0 amide bonds. The first-order chi connectivity index (χ1) is 13.3. The van der Waals surface area contributed by atoms with Crippen molar-refractivity contribution in [2.75, 3.05) is 31.5 Å². The van der Waals surface area contributed by atoms with Gasteiger partial charge in [0.2, 0.25) is 0 Å². The van der Waals surface area contributed by atoms with Crippen LogP contribution >= 0.6 is 7.92 Å². The molecule has 0 atom stereocenters. The maximum absolute atomic E-state index is 3.71. The first kappa shape index (κ1) is 19.6. The van der Waals surface area contributed by atoms with Crippen LogP contribution in [0.4, 0.5) is 5.69 Å². The average molecular weight is 376 g/mol. The molecular formula is C24H29N2P. The predicted molar refractivity (Wildman–Crippen MR) is 121 cm³/mol. The highest BCUT2D eigenvalue weighted by molar-refractivity contribution is 7.80. The predicted octanol–water partition coefficient (Wildman–Crippen LogP) is 4.20. The Bertz CT molecular complexity index is 761. The van der Waals surface area contributed by atoms with Crippen LogP contribution in [0.2, 0.25) is 0 Å². The average Bonchev–Trinajstić information content (AvgIpc) is 2.74. The number of para-hydroxylation sites is 1. The van der Waals surface area contributed by atoms with E-state index in [9.17, 15) is 0 Å². The van der Waals surface area contributed by atoms with E-state index in [0.717, 1.165) is 26.2 Å². The van der Waals surface area contributed by atoms with Gasteiger partial charge in [-0.15, -0.1) is 0 Å². The van der Waals surface area contributed by atoms with Gasteiger partial charge in [0, 0.05) is 24.1 Å². The van der Waals surface area contributed by atoms with Gasteiger partial charge in [0.1, 0.15) is 0 Å². The molecular weight excluding hydrogens is 347 g/mol. The summed E-state index contributed by atoms with van der Waals surface area (Å²) in [7, 11) is -0.582. The van der Waals surface area contributed by atoms with Gasteiger partial charge in [-0.05, 0) is 37.7 Å². The number of rotatable bonds is 9. The molecule has 0 aliphatic heterocycles. The lowest BCUT2D eigenvalue weighted by Gasteiger charge is -2.24. The van der Waals surface area contributed by atoms with Crippen LogP contribution in [0.25, 0.3) is 0 Å². The molecule has 0 radical (unpaired) electrons. The molecule has 3 aromatic carbocycles. The van der Waals surface area contributed by atoms with Gasteiger partial charge in [-0.3, -0.25) is 0 Å². The van der Waals surface area contributed by atoms with Crippen LogP contribution in [-0.2, 0) is 0 Å². The molecule has 0 bridgehead atoms. The van der Waals surface area contributed by atoms with Gasteiger partial charge in [0.15, 0.2) is 0 Å². The van der Waals surface area contributed by atoms with Gasteiger partial charge in [0.25, 0.3) is 0 Å². The van der Waals surface area contributed by atoms with E-state index in [1.807, 2.05) is 0 Å². The summed E-state index contributed by atoms with van der Waals surface area (Å²) in [6.07, 6.45) is 0. The van der Waals surface area contributed by atoms with Crippen LogP contribution < -0.4 is 21.2 Å². The van der Waals surface area contributed by atoms with Crippen molar-refractivity contribution in [2.24, 2.45) is 0 Å². The molecule has 0 saturated carbocycles. The largest absolute Gasteiger partial charge is 0.383 e. The molecule has 3 rings (SSSR count). The highest BCUT2D eigenvalue weighted by atomic mass is 31.1. The monoisotopic (exact) mass is 376 g/mol. The Labute approximate surface area is 165 Å². The summed E-state index contributed by atoms with van der Waals surface area (Å²) in [6, 6.07) is 30.6. The smallest absolute Gasteiger partial charge is 0.0425 e. The van der Waals surface area contributed by atoms with Gasteiger partial charge in [-0.2, -0.15) is 0 Å². The number of hydrogen-bond donors (Lipinski definition) is 1. The van der Waals surface area contributed by atoms with Crippen molar-refractivity contribution in [3.8, 4) is 0 Å². The summed E-state index contributed by atoms with van der Waals surface area (Å²) >= 11 is 0. The Morgan fingerprint density at radius 3 is 1.78 bits per heavy atom. The summed E-state index contributed by atoms with van der Waals surface area (Å²) < 4.78 is 0. The second-order valence-electron chi connectivity index (χ2n) is 6.48. The van der Waals surface area contributed by atoms with Crippen molar-refractivity contribution in [3.05, 3.63) is 84.9 Å². The Balaban J connectivity index is 1.91. The highest BCUT2D eigenvalue weighted by Crippen LogP contribution is 2.35. The minimum absolute atomic E-state index is 0.582. The zero-order valence-electron chi connectivity index (χ0n) is 16.3. The van der Waals surface area contributed by atoms with E-state index < -0.39 is 7.92 Å². The number of anilines is 1. The van der Waals surface area contributed by atoms with E-state index >= 15 is 0 Å². The summed E-state index contributed by atoms with van der Waals surface area (Å²) in [5, 5.41) is 7.87. The zero-order chi connectivity index (χ0) is 18.9. The van der Waals surface area contributed by atoms with Gasteiger partial charge >= 0.3 is 0 Å². The summed E-state index contributed by atoms with van der Waals surface area (Å²) in [5.74, 6) is 0. The molecule has 0 aliphatic carbocycles. The lowest BCUT2D eigenvalue weighted by atomic mass is 10.3. The fraction of sp³-hybridized carbons (Fsp3) is 0.250. The molecule has 0 spiro atoms. The van der Waals surface area contributed by atoms with Crippen molar-refractivity contribution in [3.63, 3.8) is 0 Å². The van der Waals surface area contributed by atoms with Gasteiger partial charge < -0.3 is 10.2 Å². The fourth-order valence-corrected chi connectivity index (χ4v) is 5.71. The zero-order valence-corrected chi connectivity index (χ0v) is 17.2. The number of nitrogens with one attached hydrogen (secondary N) is 1. The second kappa shape index (κ2) is 10.3. The fourth-order valence-electron chi connectivity index (χ4n) is 3.29. The molecule has 140 valence electrons. The lowest BCUT2D eigenvalue weighted by molar-refractivity contribution is 0.316. The summed E-state index contributed by atoms with van der Waals surface area (Å²) in [5.41, 5.74) is 1.25. The Hall–Kier alpha value is -2.15. The first-order valence-corrected chi connectivity index (χ1v) is 11.1. The third kappa shape index (κ3) is 5.19. The Morgan fingerprint density at radius 2 is 1.22 bits per heavy atom. The minimum atomic E-state index is -0.582. The normalized spacial score (nSPS) is 11.1. The molecule has 3 heteroatoms. The molecule has 1 N–H and O–H groups in total. The topological polar surface area (TPSA) is 15.3 Å². The second-order valence-corrected chi connectivity index (χ2v) is 8.66. The van der Waals surface area contributed by atoms with Crippen LogP contribution in [-0.4, -0.2) is 31.1 Å². The van der Waals surface area contributed by atoms with E-state index in [1.54, 1.807) is 0 Å². The minimum Gasteiger partial charge on any atom is -0.383 e. The van der Waals surface area contributed by atoms with Gasteiger partial charge in [-0.1, -0.05) is 92.7 Å². The van der Waals surface area contributed by atoms with Crippen molar-refractivity contribution in [2.45, 2.75) is 13.8 Å². The van der Waals surface area contributed by atoms with Crippen molar-refractivity contribution < 1.29 is 0 Å². The summed E-state index contributed by atoms with van der Waals surface area (Å²) in [4.78, 5) is 2.45. The number of nitrogens with zero attached hydrogens (tertiary/aromatic N) is 1. The van der Waals surface area contributed by atoms with E-state index in [4.69, 9.17) is 0 Å². The standard InChI is InChI=1S/C24H29N2P/c1-3-26(4-2)20-19-25-23-17-11-12-18-24(23)27(21-13-7-5-8-14-21)22-15-9-6-10-16-22/h5-18,25H,3-4,19-20H2,1-2H3. The van der Waals surface area contributed by atoms with Gasteiger partial charge in [-0.25, -0.2) is 0 Å². The third-order valence-electron chi connectivity index (χ3n) is 4.81. The number of benzene rings is 3.